The van der Waals surface area contributed by atoms with Gasteiger partial charge in [-0.1, -0.05) is 60.5 Å². The zero-order chi connectivity index (χ0) is 19.5. The van der Waals surface area contributed by atoms with E-state index in [0.717, 1.165) is 25.7 Å². The first-order valence-electron chi connectivity index (χ1n) is 9.32. The number of thioether (sulfide) groups is 1. The lowest BCUT2D eigenvalue weighted by Crippen LogP contribution is -2.27. The van der Waals surface area contributed by atoms with Crippen LogP contribution in [-0.4, -0.2) is 21.2 Å². The highest BCUT2D eigenvalue weighted by atomic mass is 35.5. The highest BCUT2D eigenvalue weighted by Gasteiger charge is 2.23. The molecule has 3 aromatic rings. The number of halogens is 1. The maximum atomic E-state index is 13.1. The Kier molecular flexibility index (Phi) is 5.69. The zero-order valence-corrected chi connectivity index (χ0v) is 16.8. The summed E-state index contributed by atoms with van der Waals surface area (Å²) >= 11 is 7.40. The predicted molar refractivity (Wildman–Crippen MR) is 114 cm³/mol. The van der Waals surface area contributed by atoms with Crippen LogP contribution in [0.2, 0.25) is 5.02 Å². The minimum Gasteiger partial charge on any atom is -0.324 e. The van der Waals surface area contributed by atoms with E-state index in [0.29, 0.717) is 26.8 Å². The maximum absolute atomic E-state index is 13.1. The molecule has 0 atom stereocenters. The minimum atomic E-state index is -0.182. The van der Waals surface area contributed by atoms with E-state index >= 15 is 0 Å². The number of para-hydroxylation sites is 2. The number of nitrogens with one attached hydrogen (secondary N) is 1. The van der Waals surface area contributed by atoms with Gasteiger partial charge in [0.15, 0.2) is 5.16 Å². The van der Waals surface area contributed by atoms with Crippen molar-refractivity contribution in [1.82, 2.24) is 9.55 Å². The number of aromatic nitrogens is 2. The molecular formula is C21H20ClN3O2S. The van der Waals surface area contributed by atoms with Crippen molar-refractivity contribution in [3.8, 4) is 0 Å². The number of benzene rings is 2. The second-order valence-electron chi connectivity index (χ2n) is 6.84. The number of carbonyl (C=O) groups is 1. The lowest BCUT2D eigenvalue weighted by atomic mass is 10.2. The molecule has 28 heavy (non-hydrogen) atoms. The predicted octanol–water partition coefficient (Wildman–Crippen LogP) is 4.90. The highest BCUT2D eigenvalue weighted by molar-refractivity contribution is 7.99. The van der Waals surface area contributed by atoms with Crippen molar-refractivity contribution < 1.29 is 4.79 Å². The van der Waals surface area contributed by atoms with Crippen molar-refractivity contribution in [3.05, 3.63) is 63.9 Å². The Hall–Kier alpha value is -2.31. The number of fused-ring (bicyclic) bond motifs is 1. The Morgan fingerprint density at radius 1 is 1.14 bits per heavy atom. The third-order valence-corrected chi connectivity index (χ3v) is 6.23. The molecule has 0 unspecified atom stereocenters. The van der Waals surface area contributed by atoms with E-state index in [9.17, 15) is 9.59 Å². The summed E-state index contributed by atoms with van der Waals surface area (Å²) in [6, 6.07) is 14.6. The molecule has 2 aromatic carbocycles. The standard InChI is InChI=1S/C21H20ClN3O2S/c22-16-10-4-6-12-18(16)23-19(26)13-28-21-24-17-11-5-3-9-15(17)20(27)25(21)14-7-1-2-8-14/h3-6,9-12,14H,1-2,7-8,13H2,(H,23,26). The molecule has 1 heterocycles. The molecule has 1 saturated carbocycles. The zero-order valence-electron chi connectivity index (χ0n) is 15.2. The molecule has 0 aliphatic heterocycles. The highest BCUT2D eigenvalue weighted by Crippen LogP contribution is 2.32. The van der Waals surface area contributed by atoms with E-state index in [1.807, 2.05) is 36.4 Å². The first kappa shape index (κ1) is 19.0. The van der Waals surface area contributed by atoms with Gasteiger partial charge < -0.3 is 5.32 Å². The average molecular weight is 414 g/mol. The van der Waals surface area contributed by atoms with Crippen molar-refractivity contribution >= 4 is 45.9 Å². The number of anilines is 1. The molecule has 5 nitrogen and oxygen atoms in total. The minimum absolute atomic E-state index is 0.0217. The average Bonchev–Trinajstić information content (AvgIpc) is 3.22. The van der Waals surface area contributed by atoms with Gasteiger partial charge in [0.2, 0.25) is 5.91 Å². The van der Waals surface area contributed by atoms with Gasteiger partial charge in [0.1, 0.15) is 0 Å². The van der Waals surface area contributed by atoms with Crippen LogP contribution in [0.5, 0.6) is 0 Å². The fraction of sp³-hybridized carbons (Fsp3) is 0.286. The molecule has 1 aliphatic rings. The largest absolute Gasteiger partial charge is 0.324 e. The van der Waals surface area contributed by atoms with Crippen molar-refractivity contribution in [2.75, 3.05) is 11.1 Å². The van der Waals surface area contributed by atoms with Crippen molar-refractivity contribution in [2.24, 2.45) is 0 Å². The van der Waals surface area contributed by atoms with Gasteiger partial charge in [-0.3, -0.25) is 14.2 Å². The van der Waals surface area contributed by atoms with Crippen LogP contribution in [-0.2, 0) is 4.79 Å². The van der Waals surface area contributed by atoms with Gasteiger partial charge in [0, 0.05) is 6.04 Å². The summed E-state index contributed by atoms with van der Waals surface area (Å²) in [6.07, 6.45) is 4.17. The van der Waals surface area contributed by atoms with Crippen LogP contribution in [0.15, 0.2) is 58.5 Å². The normalized spacial score (nSPS) is 14.5. The van der Waals surface area contributed by atoms with E-state index in [-0.39, 0.29) is 23.3 Å². The molecule has 0 bridgehead atoms. The first-order valence-corrected chi connectivity index (χ1v) is 10.7. The topological polar surface area (TPSA) is 64.0 Å². The number of amides is 1. The number of rotatable bonds is 5. The van der Waals surface area contributed by atoms with Gasteiger partial charge >= 0.3 is 0 Å². The molecular weight excluding hydrogens is 394 g/mol. The second kappa shape index (κ2) is 8.37. The molecule has 0 spiro atoms. The van der Waals surface area contributed by atoms with E-state index < -0.39 is 0 Å². The lowest BCUT2D eigenvalue weighted by Gasteiger charge is -2.18. The smallest absolute Gasteiger partial charge is 0.262 e. The fourth-order valence-corrected chi connectivity index (χ4v) is 4.64. The van der Waals surface area contributed by atoms with Gasteiger partial charge in [-0.2, -0.15) is 0 Å². The third-order valence-electron chi connectivity index (χ3n) is 4.95. The second-order valence-corrected chi connectivity index (χ2v) is 8.19. The van der Waals surface area contributed by atoms with Crippen LogP contribution < -0.4 is 10.9 Å². The molecule has 1 amide bonds. The van der Waals surface area contributed by atoms with Gasteiger partial charge in [-0.05, 0) is 37.1 Å². The summed E-state index contributed by atoms with van der Waals surface area (Å²) < 4.78 is 1.79. The quantitative estimate of drug-likeness (QED) is 0.477. The van der Waals surface area contributed by atoms with E-state index in [1.54, 1.807) is 16.7 Å². The molecule has 1 aliphatic carbocycles. The monoisotopic (exact) mass is 413 g/mol. The van der Waals surface area contributed by atoms with Crippen LogP contribution in [0.4, 0.5) is 5.69 Å². The van der Waals surface area contributed by atoms with Crippen molar-refractivity contribution in [3.63, 3.8) is 0 Å². The Balaban J connectivity index is 1.60. The summed E-state index contributed by atoms with van der Waals surface area (Å²) in [5, 5.41) is 4.53. The SMILES string of the molecule is O=C(CSc1nc2ccccc2c(=O)n1C1CCCC1)Nc1ccccc1Cl. The molecule has 0 saturated heterocycles. The Labute approximate surface area is 172 Å². The van der Waals surface area contributed by atoms with Gasteiger partial charge in [-0.15, -0.1) is 0 Å². The fourth-order valence-electron chi connectivity index (χ4n) is 3.59. The summed E-state index contributed by atoms with van der Waals surface area (Å²) in [7, 11) is 0. The van der Waals surface area contributed by atoms with Crippen molar-refractivity contribution in [2.45, 2.75) is 36.9 Å². The molecule has 0 radical (unpaired) electrons. The van der Waals surface area contributed by atoms with Gasteiger partial charge in [-0.25, -0.2) is 4.98 Å². The van der Waals surface area contributed by atoms with Crippen LogP contribution in [0.1, 0.15) is 31.7 Å². The van der Waals surface area contributed by atoms with Crippen LogP contribution in [0, 0.1) is 0 Å². The Bertz CT molecular complexity index is 1080. The van der Waals surface area contributed by atoms with E-state index in [1.165, 1.54) is 11.8 Å². The molecule has 144 valence electrons. The summed E-state index contributed by atoms with van der Waals surface area (Å²) in [4.78, 5) is 30.2. The van der Waals surface area contributed by atoms with Crippen LogP contribution in [0.25, 0.3) is 10.9 Å². The number of nitrogens with zero attached hydrogens (tertiary/aromatic N) is 2. The number of carbonyl (C=O) groups excluding carboxylic acids is 1. The number of hydrogen-bond acceptors (Lipinski definition) is 4. The first-order chi connectivity index (χ1) is 13.6. The number of hydrogen-bond donors (Lipinski definition) is 1. The molecule has 7 heteroatoms. The van der Waals surface area contributed by atoms with Crippen LogP contribution in [0.3, 0.4) is 0 Å². The molecule has 1 N–H and O–H groups in total. The van der Waals surface area contributed by atoms with Gasteiger partial charge in [0.05, 0.1) is 27.4 Å². The Morgan fingerprint density at radius 3 is 2.64 bits per heavy atom. The Morgan fingerprint density at radius 2 is 1.86 bits per heavy atom. The molecule has 1 fully saturated rings. The summed E-state index contributed by atoms with van der Waals surface area (Å²) in [5.41, 5.74) is 1.22. The molecule has 1 aromatic heterocycles. The van der Waals surface area contributed by atoms with E-state index in [4.69, 9.17) is 16.6 Å². The van der Waals surface area contributed by atoms with E-state index in [2.05, 4.69) is 5.32 Å². The lowest BCUT2D eigenvalue weighted by molar-refractivity contribution is -0.113. The van der Waals surface area contributed by atoms with Gasteiger partial charge in [0.25, 0.3) is 5.56 Å². The summed E-state index contributed by atoms with van der Waals surface area (Å²) in [6.45, 7) is 0. The third kappa shape index (κ3) is 3.93. The maximum Gasteiger partial charge on any atom is 0.262 e. The van der Waals surface area contributed by atoms with Crippen molar-refractivity contribution in [1.29, 1.82) is 0 Å². The molecule has 4 rings (SSSR count). The van der Waals surface area contributed by atoms with Crippen LogP contribution >= 0.6 is 23.4 Å². The summed E-state index contributed by atoms with van der Waals surface area (Å²) in [5.74, 6) is -0.0265.